The van der Waals surface area contributed by atoms with Crippen LogP contribution in [0.5, 0.6) is 0 Å². The Balaban J connectivity index is 2.87. The minimum atomic E-state index is -1.50. The quantitative estimate of drug-likeness (QED) is 0.419. The number of esters is 1. The molecule has 1 unspecified atom stereocenters. The smallest absolute Gasteiger partial charge is 0.330 e. The number of hydrogen-bond acceptors (Lipinski definition) is 6. The first-order valence-corrected chi connectivity index (χ1v) is 8.14. The molecule has 0 bridgehead atoms. The number of amides is 1. The van der Waals surface area contributed by atoms with Crippen LogP contribution in [0, 0.1) is 23.7 Å². The van der Waals surface area contributed by atoms with Gasteiger partial charge in [-0.3, -0.25) is 4.79 Å². The van der Waals surface area contributed by atoms with Gasteiger partial charge in [0.05, 0.1) is 13.7 Å². The molecule has 0 fully saturated rings. The van der Waals surface area contributed by atoms with Crippen molar-refractivity contribution in [2.45, 2.75) is 38.0 Å². The molecule has 1 rings (SSSR count). The Morgan fingerprint density at radius 3 is 2.30 bits per heavy atom. The summed E-state index contributed by atoms with van der Waals surface area (Å²) < 4.78 is 4.68. The summed E-state index contributed by atoms with van der Waals surface area (Å²) in [5.74, 6) is 9.09. The normalized spacial score (nSPS) is 13.7. The SMILES string of the molecule is COC(=O)[C@@H](NC(=O)c1ccc(C#CC#CC(C)(O)CO)cc1)C(C)(C)N. The van der Waals surface area contributed by atoms with E-state index >= 15 is 0 Å². The molecule has 0 aromatic heterocycles. The summed E-state index contributed by atoms with van der Waals surface area (Å²) in [6, 6.07) is 5.34. The van der Waals surface area contributed by atoms with Crippen LogP contribution in [0.1, 0.15) is 36.7 Å². The first kappa shape index (κ1) is 22.2. The fourth-order valence-electron chi connectivity index (χ4n) is 1.89. The number of carbonyl (C=O) groups is 2. The maximum atomic E-state index is 12.4. The Morgan fingerprint density at radius 2 is 1.81 bits per heavy atom. The average Bonchev–Trinajstić information content (AvgIpc) is 2.62. The zero-order chi connectivity index (χ0) is 20.7. The van der Waals surface area contributed by atoms with Crippen LogP contribution in [0.2, 0.25) is 0 Å². The van der Waals surface area contributed by atoms with Crippen LogP contribution in [0.15, 0.2) is 24.3 Å². The highest BCUT2D eigenvalue weighted by molar-refractivity contribution is 5.97. The second-order valence-corrected chi connectivity index (χ2v) is 6.76. The molecule has 0 aliphatic rings. The summed E-state index contributed by atoms with van der Waals surface area (Å²) in [7, 11) is 1.23. The molecule has 1 aromatic rings. The van der Waals surface area contributed by atoms with E-state index in [1.165, 1.54) is 14.0 Å². The van der Waals surface area contributed by atoms with Crippen LogP contribution in [-0.2, 0) is 9.53 Å². The van der Waals surface area contributed by atoms with Crippen LogP contribution >= 0.6 is 0 Å². The zero-order valence-electron chi connectivity index (χ0n) is 15.8. The summed E-state index contributed by atoms with van der Waals surface area (Å²) in [6.07, 6.45) is 0. The number of carbonyl (C=O) groups excluding carboxylic acids is 2. The molecule has 0 aliphatic heterocycles. The van der Waals surface area contributed by atoms with Crippen molar-refractivity contribution in [3.63, 3.8) is 0 Å². The van der Waals surface area contributed by atoms with Crippen molar-refractivity contribution in [3.8, 4) is 23.7 Å². The summed E-state index contributed by atoms with van der Waals surface area (Å²) in [4.78, 5) is 24.2. The lowest BCUT2D eigenvalue weighted by Crippen LogP contribution is -2.59. The summed E-state index contributed by atoms with van der Waals surface area (Å²) in [6.45, 7) is 4.11. The van der Waals surface area contributed by atoms with Gasteiger partial charge in [-0.05, 0) is 56.9 Å². The van der Waals surface area contributed by atoms with Crippen LogP contribution in [0.3, 0.4) is 0 Å². The standard InChI is InChI=1S/C20H24N2O5/c1-19(2,21)16(18(25)27-4)22-17(24)15-10-8-14(9-11-15)7-5-6-12-20(3,26)13-23/h8-11,16,23,26H,13,21H2,1-4H3,(H,22,24)/t16-,20?/m1/s1. The van der Waals surface area contributed by atoms with Crippen LogP contribution < -0.4 is 11.1 Å². The van der Waals surface area contributed by atoms with Crippen molar-refractivity contribution in [2.75, 3.05) is 13.7 Å². The van der Waals surface area contributed by atoms with Gasteiger partial charge >= 0.3 is 5.97 Å². The van der Waals surface area contributed by atoms with Gasteiger partial charge in [0.15, 0.2) is 0 Å². The van der Waals surface area contributed by atoms with Gasteiger partial charge in [0.25, 0.3) is 5.91 Å². The lowest BCUT2D eigenvalue weighted by atomic mass is 9.95. The monoisotopic (exact) mass is 372 g/mol. The number of rotatable bonds is 5. The topological polar surface area (TPSA) is 122 Å². The molecule has 144 valence electrons. The maximum Gasteiger partial charge on any atom is 0.330 e. The predicted octanol–water partition coefficient (Wildman–Crippen LogP) is -0.206. The van der Waals surface area contributed by atoms with Gasteiger partial charge in [-0.25, -0.2) is 4.79 Å². The van der Waals surface area contributed by atoms with Gasteiger partial charge in [0, 0.05) is 16.7 Å². The molecule has 0 saturated carbocycles. The second kappa shape index (κ2) is 9.20. The van der Waals surface area contributed by atoms with Crippen molar-refractivity contribution in [3.05, 3.63) is 35.4 Å². The number of methoxy groups -OCH3 is 1. The number of nitrogens with one attached hydrogen (secondary N) is 1. The average molecular weight is 372 g/mol. The number of ether oxygens (including phenoxy) is 1. The van der Waals surface area contributed by atoms with E-state index in [2.05, 4.69) is 33.7 Å². The van der Waals surface area contributed by atoms with Gasteiger partial charge in [0.2, 0.25) is 0 Å². The van der Waals surface area contributed by atoms with E-state index in [1.54, 1.807) is 38.1 Å². The zero-order valence-corrected chi connectivity index (χ0v) is 15.8. The van der Waals surface area contributed by atoms with Crippen LogP contribution in [0.25, 0.3) is 0 Å². The Hall–Kier alpha value is -2.84. The lowest BCUT2D eigenvalue weighted by molar-refractivity contribution is -0.144. The molecular weight excluding hydrogens is 348 g/mol. The Bertz CT molecular complexity index is 799. The van der Waals surface area contributed by atoms with Crippen molar-refractivity contribution in [2.24, 2.45) is 5.73 Å². The molecule has 0 spiro atoms. The van der Waals surface area contributed by atoms with Crippen molar-refractivity contribution in [1.82, 2.24) is 5.32 Å². The lowest BCUT2D eigenvalue weighted by Gasteiger charge is -2.28. The molecule has 27 heavy (non-hydrogen) atoms. The van der Waals surface area contributed by atoms with E-state index in [4.69, 9.17) is 10.8 Å². The molecule has 7 nitrogen and oxygen atoms in total. The van der Waals surface area contributed by atoms with E-state index in [9.17, 15) is 14.7 Å². The second-order valence-electron chi connectivity index (χ2n) is 6.76. The number of nitrogens with two attached hydrogens (primary N) is 1. The van der Waals surface area contributed by atoms with E-state index in [-0.39, 0.29) is 0 Å². The third kappa shape index (κ3) is 7.12. The molecule has 0 aliphatic carbocycles. The molecule has 2 atom stereocenters. The third-order valence-electron chi connectivity index (χ3n) is 3.51. The highest BCUT2D eigenvalue weighted by Gasteiger charge is 2.34. The van der Waals surface area contributed by atoms with Gasteiger partial charge in [0.1, 0.15) is 11.6 Å². The maximum absolute atomic E-state index is 12.4. The van der Waals surface area contributed by atoms with E-state index in [0.29, 0.717) is 11.1 Å². The van der Waals surface area contributed by atoms with Crippen LogP contribution in [-0.4, -0.2) is 53.0 Å². The van der Waals surface area contributed by atoms with Crippen molar-refractivity contribution < 1.29 is 24.5 Å². The predicted molar refractivity (Wildman–Crippen MR) is 100 cm³/mol. The Labute approximate surface area is 158 Å². The fraction of sp³-hybridized carbons (Fsp3) is 0.400. The van der Waals surface area contributed by atoms with Gasteiger partial charge in [-0.2, -0.15) is 0 Å². The molecule has 0 radical (unpaired) electrons. The number of aliphatic hydroxyl groups is 2. The van der Waals surface area contributed by atoms with E-state index in [0.717, 1.165) is 0 Å². The molecule has 0 heterocycles. The molecular formula is C20H24N2O5. The van der Waals surface area contributed by atoms with Gasteiger partial charge in [-0.15, -0.1) is 0 Å². The minimum Gasteiger partial charge on any atom is -0.467 e. The fourth-order valence-corrected chi connectivity index (χ4v) is 1.89. The Morgan fingerprint density at radius 1 is 1.22 bits per heavy atom. The third-order valence-corrected chi connectivity index (χ3v) is 3.51. The molecule has 1 aromatic carbocycles. The molecule has 5 N–H and O–H groups in total. The van der Waals surface area contributed by atoms with Gasteiger partial charge < -0.3 is 26.0 Å². The minimum absolute atomic E-state index is 0.327. The first-order chi connectivity index (χ1) is 12.5. The van der Waals surface area contributed by atoms with Crippen molar-refractivity contribution >= 4 is 11.9 Å². The Kier molecular flexibility index (Phi) is 7.56. The molecule has 0 saturated heterocycles. The largest absolute Gasteiger partial charge is 0.467 e. The first-order valence-electron chi connectivity index (χ1n) is 8.14. The molecule has 7 heteroatoms. The van der Waals surface area contributed by atoms with E-state index in [1.807, 2.05) is 0 Å². The van der Waals surface area contributed by atoms with Crippen molar-refractivity contribution in [1.29, 1.82) is 0 Å². The summed E-state index contributed by atoms with van der Waals surface area (Å²) >= 11 is 0. The number of aliphatic hydroxyl groups excluding tert-OH is 1. The van der Waals surface area contributed by atoms with Crippen LogP contribution in [0.4, 0.5) is 0 Å². The van der Waals surface area contributed by atoms with E-state index < -0.39 is 35.7 Å². The number of benzene rings is 1. The highest BCUT2D eigenvalue weighted by atomic mass is 16.5. The number of hydrogen-bond donors (Lipinski definition) is 4. The summed E-state index contributed by atoms with van der Waals surface area (Å²) in [5, 5.41) is 21.0. The highest BCUT2D eigenvalue weighted by Crippen LogP contribution is 2.10. The summed E-state index contributed by atoms with van der Waals surface area (Å²) in [5.41, 5.74) is 4.37. The van der Waals surface area contributed by atoms with Gasteiger partial charge in [-0.1, -0.05) is 11.8 Å². The molecule has 1 amide bonds.